The average molecular weight is 337 g/mol. The first-order valence-electron chi connectivity index (χ1n) is 7.34. The molecular weight excluding hydrogens is 318 g/mol. The summed E-state index contributed by atoms with van der Waals surface area (Å²) in [6.45, 7) is 2.31. The van der Waals surface area contributed by atoms with E-state index in [0.29, 0.717) is 24.3 Å². The quantitative estimate of drug-likeness (QED) is 0.501. The summed E-state index contributed by atoms with van der Waals surface area (Å²) in [4.78, 5) is 30.2. The molecule has 8 heteroatoms. The lowest BCUT2D eigenvalue weighted by molar-refractivity contribution is -0.118. The van der Waals surface area contributed by atoms with Gasteiger partial charge in [0.1, 0.15) is 5.76 Å². The van der Waals surface area contributed by atoms with E-state index in [1.165, 1.54) is 6.26 Å². The number of furan rings is 1. The normalized spacial score (nSPS) is 10.7. The summed E-state index contributed by atoms with van der Waals surface area (Å²) < 4.78 is 5.11. The molecule has 23 heavy (non-hydrogen) atoms. The maximum atomic E-state index is 11.9. The number of thioether (sulfide) groups is 1. The first-order chi connectivity index (χ1) is 11.1. The van der Waals surface area contributed by atoms with Crippen molar-refractivity contribution in [2.75, 3.05) is 5.75 Å². The van der Waals surface area contributed by atoms with Gasteiger partial charge in [0.2, 0.25) is 11.8 Å². The van der Waals surface area contributed by atoms with E-state index in [1.807, 2.05) is 6.92 Å². The smallest absolute Gasteiger partial charge is 0.258 e. The fraction of sp³-hybridized carbons (Fsp3) is 0.400. The molecule has 0 aliphatic heterocycles. The zero-order valence-electron chi connectivity index (χ0n) is 12.8. The Hall–Kier alpha value is -2.22. The number of nitrogens with zero attached hydrogens (tertiary/aromatic N) is 1. The highest BCUT2D eigenvalue weighted by atomic mass is 32.2. The van der Waals surface area contributed by atoms with Crippen molar-refractivity contribution in [3.8, 4) is 5.88 Å². The summed E-state index contributed by atoms with van der Waals surface area (Å²) in [5.74, 6) is 0.259. The largest absolute Gasteiger partial charge is 0.493 e. The van der Waals surface area contributed by atoms with Gasteiger partial charge in [0, 0.05) is 0 Å². The van der Waals surface area contributed by atoms with Crippen molar-refractivity contribution in [1.29, 1.82) is 0 Å². The maximum absolute atomic E-state index is 11.9. The van der Waals surface area contributed by atoms with Gasteiger partial charge in [0.05, 0.1) is 24.1 Å². The van der Waals surface area contributed by atoms with Crippen molar-refractivity contribution < 1.29 is 14.3 Å². The highest BCUT2D eigenvalue weighted by Gasteiger charge is 2.12. The Morgan fingerprint density at radius 2 is 2.35 bits per heavy atom. The monoisotopic (exact) mass is 337 g/mol. The Morgan fingerprint density at radius 3 is 3.00 bits per heavy atom. The number of H-pyrrole nitrogens is 1. The number of nitrogens with one attached hydrogen (secondary N) is 2. The highest BCUT2D eigenvalue weighted by molar-refractivity contribution is 7.99. The molecule has 0 saturated heterocycles. The Kier molecular flexibility index (Phi) is 6.28. The number of aromatic amines is 1. The molecule has 0 bridgehead atoms. The Morgan fingerprint density at radius 1 is 1.52 bits per heavy atom. The van der Waals surface area contributed by atoms with E-state index in [-0.39, 0.29) is 28.3 Å². The van der Waals surface area contributed by atoms with Gasteiger partial charge < -0.3 is 19.8 Å². The van der Waals surface area contributed by atoms with Crippen LogP contribution in [0.4, 0.5) is 0 Å². The average Bonchev–Trinajstić information content (AvgIpc) is 3.03. The van der Waals surface area contributed by atoms with Gasteiger partial charge >= 0.3 is 0 Å². The number of aromatic hydroxyl groups is 1. The van der Waals surface area contributed by atoms with Crippen LogP contribution in [0.5, 0.6) is 5.88 Å². The minimum absolute atomic E-state index is 0.0807. The minimum Gasteiger partial charge on any atom is -0.493 e. The molecule has 0 radical (unpaired) electrons. The third-order valence-electron chi connectivity index (χ3n) is 3.13. The third kappa shape index (κ3) is 5.17. The van der Waals surface area contributed by atoms with E-state index in [4.69, 9.17) is 4.42 Å². The van der Waals surface area contributed by atoms with Crippen molar-refractivity contribution >= 4 is 17.7 Å². The van der Waals surface area contributed by atoms with Crippen molar-refractivity contribution in [2.45, 2.75) is 37.9 Å². The molecule has 0 fully saturated rings. The molecule has 2 rings (SSSR count). The van der Waals surface area contributed by atoms with Gasteiger partial charge in [-0.25, -0.2) is 0 Å². The van der Waals surface area contributed by atoms with Gasteiger partial charge in [-0.3, -0.25) is 9.59 Å². The van der Waals surface area contributed by atoms with Crippen LogP contribution >= 0.6 is 11.8 Å². The minimum atomic E-state index is -0.357. The Labute approximate surface area is 137 Å². The molecule has 2 aromatic heterocycles. The molecule has 0 aliphatic carbocycles. The summed E-state index contributed by atoms with van der Waals surface area (Å²) in [5, 5.41) is 12.7. The summed E-state index contributed by atoms with van der Waals surface area (Å²) in [6.07, 6.45) is 3.75. The standard InChI is InChI=1S/C15H19N3O4S/c1-2-3-6-11-13(20)17-15(18-14(11)21)23-9-12(19)16-8-10-5-4-7-22-10/h4-5,7H,2-3,6,8-9H2,1H3,(H,16,19)(H2,17,18,20,21). The predicted octanol–water partition coefficient (Wildman–Crippen LogP) is 1.82. The first kappa shape index (κ1) is 17.1. The molecule has 7 nitrogen and oxygen atoms in total. The Balaban J connectivity index is 1.87. The lowest BCUT2D eigenvalue weighted by Crippen LogP contribution is -2.24. The van der Waals surface area contributed by atoms with Gasteiger partial charge in [-0.05, 0) is 25.0 Å². The van der Waals surface area contributed by atoms with E-state index in [1.54, 1.807) is 12.1 Å². The van der Waals surface area contributed by atoms with E-state index in [9.17, 15) is 14.7 Å². The third-order valence-corrected chi connectivity index (χ3v) is 4.01. The molecule has 2 aromatic rings. The van der Waals surface area contributed by atoms with Gasteiger partial charge in [0.15, 0.2) is 5.16 Å². The SMILES string of the molecule is CCCCc1c(O)nc(SCC(=O)NCc2ccco2)[nH]c1=O. The number of rotatable bonds is 8. The molecule has 3 N–H and O–H groups in total. The lowest BCUT2D eigenvalue weighted by atomic mass is 10.1. The number of hydrogen-bond acceptors (Lipinski definition) is 6. The van der Waals surface area contributed by atoms with Crippen molar-refractivity contribution in [1.82, 2.24) is 15.3 Å². The van der Waals surface area contributed by atoms with Crippen LogP contribution in [0.15, 0.2) is 32.8 Å². The van der Waals surface area contributed by atoms with E-state index < -0.39 is 0 Å². The highest BCUT2D eigenvalue weighted by Crippen LogP contribution is 2.17. The second-order valence-electron chi connectivity index (χ2n) is 4.92. The lowest BCUT2D eigenvalue weighted by Gasteiger charge is -2.06. The molecule has 2 heterocycles. The molecule has 0 unspecified atom stereocenters. The van der Waals surface area contributed by atoms with Crippen LogP contribution in [-0.4, -0.2) is 26.7 Å². The fourth-order valence-electron chi connectivity index (χ4n) is 1.90. The molecular formula is C15H19N3O4S. The molecule has 0 atom stereocenters. The summed E-state index contributed by atoms with van der Waals surface area (Å²) >= 11 is 1.06. The van der Waals surface area contributed by atoms with E-state index in [2.05, 4.69) is 15.3 Å². The number of amides is 1. The fourth-order valence-corrected chi connectivity index (χ4v) is 2.58. The molecule has 1 amide bonds. The zero-order chi connectivity index (χ0) is 16.7. The maximum Gasteiger partial charge on any atom is 0.258 e. The number of carbonyl (C=O) groups is 1. The first-order valence-corrected chi connectivity index (χ1v) is 8.32. The summed E-state index contributed by atoms with van der Waals surface area (Å²) in [5.41, 5.74) is -0.0667. The van der Waals surface area contributed by atoms with Gasteiger partial charge in [-0.1, -0.05) is 25.1 Å². The van der Waals surface area contributed by atoms with Crippen LogP contribution in [0.2, 0.25) is 0 Å². The number of aromatic nitrogens is 2. The molecule has 0 saturated carbocycles. The van der Waals surface area contributed by atoms with Crippen LogP contribution in [-0.2, 0) is 17.8 Å². The second kappa shape index (κ2) is 8.42. The van der Waals surface area contributed by atoms with Crippen molar-refractivity contribution in [3.63, 3.8) is 0 Å². The molecule has 124 valence electrons. The van der Waals surface area contributed by atoms with Crippen LogP contribution in [0.1, 0.15) is 31.1 Å². The Bertz CT molecular complexity index is 697. The number of hydrogen-bond donors (Lipinski definition) is 3. The van der Waals surface area contributed by atoms with Crippen LogP contribution in [0.3, 0.4) is 0 Å². The van der Waals surface area contributed by atoms with Crippen LogP contribution in [0, 0.1) is 0 Å². The zero-order valence-corrected chi connectivity index (χ0v) is 13.6. The summed E-state index contributed by atoms with van der Waals surface area (Å²) in [6, 6.07) is 3.51. The van der Waals surface area contributed by atoms with E-state index in [0.717, 1.165) is 24.6 Å². The van der Waals surface area contributed by atoms with Crippen molar-refractivity contribution in [3.05, 3.63) is 40.1 Å². The summed E-state index contributed by atoms with van der Waals surface area (Å²) in [7, 11) is 0. The van der Waals surface area contributed by atoms with Gasteiger partial charge in [-0.15, -0.1) is 0 Å². The van der Waals surface area contributed by atoms with E-state index >= 15 is 0 Å². The van der Waals surface area contributed by atoms with Crippen LogP contribution in [0.25, 0.3) is 0 Å². The number of unbranched alkanes of at least 4 members (excludes halogenated alkanes) is 1. The van der Waals surface area contributed by atoms with Gasteiger partial charge in [-0.2, -0.15) is 4.98 Å². The topological polar surface area (TPSA) is 108 Å². The second-order valence-corrected chi connectivity index (χ2v) is 5.89. The van der Waals surface area contributed by atoms with Crippen LogP contribution < -0.4 is 10.9 Å². The number of carbonyl (C=O) groups excluding carboxylic acids is 1. The molecule has 0 aliphatic rings. The molecule has 0 aromatic carbocycles. The van der Waals surface area contributed by atoms with Gasteiger partial charge in [0.25, 0.3) is 5.56 Å². The van der Waals surface area contributed by atoms with Crippen molar-refractivity contribution in [2.24, 2.45) is 0 Å². The predicted molar refractivity (Wildman–Crippen MR) is 86.4 cm³/mol. The molecule has 0 spiro atoms.